The zero-order chi connectivity index (χ0) is 26.3. The second-order valence-electron chi connectivity index (χ2n) is 6.70. The van der Waals surface area contributed by atoms with Crippen LogP contribution in [-0.4, -0.2) is 26.3 Å². The van der Waals surface area contributed by atoms with Crippen molar-refractivity contribution >= 4 is 40.1 Å². The summed E-state index contributed by atoms with van der Waals surface area (Å²) >= 11 is 11.9. The van der Waals surface area contributed by atoms with Crippen LogP contribution in [0.3, 0.4) is 0 Å². The van der Waals surface area contributed by atoms with Crippen molar-refractivity contribution in [3.8, 4) is 17.5 Å². The summed E-state index contributed by atoms with van der Waals surface area (Å²) in [6.45, 7) is 1.37. The van der Waals surface area contributed by atoms with Crippen LogP contribution < -0.4 is 5.32 Å². The highest BCUT2D eigenvalue weighted by Gasteiger charge is 2.43. The van der Waals surface area contributed by atoms with E-state index in [0.29, 0.717) is 23.2 Å². The standard InChI is InChI=1S/C19H10Cl2F9N5/c1-2-3-4-5-31-15-11-13(18(25,26)27)32-16(19(28,29)30)33-14(11)34-35(15)12-9(20)6-8(7-10(12)21)17(22,23)24/h6-7,31H,2,5H2,1H3. The lowest BCUT2D eigenvalue weighted by atomic mass is 10.2. The second-order valence-corrected chi connectivity index (χ2v) is 7.51. The number of benzene rings is 1. The van der Waals surface area contributed by atoms with Crippen molar-refractivity contribution in [1.29, 1.82) is 0 Å². The largest absolute Gasteiger partial charge is 0.451 e. The maximum Gasteiger partial charge on any atom is 0.451 e. The first-order chi connectivity index (χ1) is 16.1. The van der Waals surface area contributed by atoms with Gasteiger partial charge < -0.3 is 5.32 Å². The van der Waals surface area contributed by atoms with E-state index in [1.54, 1.807) is 6.92 Å². The average Bonchev–Trinajstić information content (AvgIpc) is 3.06. The average molecular weight is 550 g/mol. The van der Waals surface area contributed by atoms with Crippen molar-refractivity contribution in [1.82, 2.24) is 19.7 Å². The van der Waals surface area contributed by atoms with E-state index in [2.05, 4.69) is 32.2 Å². The number of nitrogens with zero attached hydrogens (tertiary/aromatic N) is 4. The van der Waals surface area contributed by atoms with E-state index in [9.17, 15) is 39.5 Å². The minimum Gasteiger partial charge on any atom is -0.358 e. The molecule has 0 saturated heterocycles. The molecule has 16 heteroatoms. The molecule has 2 aromatic heterocycles. The van der Waals surface area contributed by atoms with Crippen LogP contribution in [0.2, 0.25) is 10.0 Å². The van der Waals surface area contributed by atoms with Gasteiger partial charge in [0.05, 0.1) is 27.5 Å². The van der Waals surface area contributed by atoms with Gasteiger partial charge in [-0.25, -0.2) is 14.6 Å². The maximum absolute atomic E-state index is 13.7. The number of aromatic nitrogens is 4. The van der Waals surface area contributed by atoms with Crippen LogP contribution in [0.1, 0.15) is 30.4 Å². The predicted molar refractivity (Wildman–Crippen MR) is 108 cm³/mol. The van der Waals surface area contributed by atoms with Gasteiger partial charge in [-0.05, 0) is 12.1 Å². The first-order valence-electron chi connectivity index (χ1n) is 9.27. The van der Waals surface area contributed by atoms with Gasteiger partial charge in [0, 0.05) is 6.42 Å². The van der Waals surface area contributed by atoms with Gasteiger partial charge >= 0.3 is 18.5 Å². The number of anilines is 1. The lowest BCUT2D eigenvalue weighted by Gasteiger charge is -2.15. The quantitative estimate of drug-likeness (QED) is 0.282. The van der Waals surface area contributed by atoms with E-state index < -0.39 is 68.2 Å². The highest BCUT2D eigenvalue weighted by molar-refractivity contribution is 6.38. The molecule has 0 spiro atoms. The van der Waals surface area contributed by atoms with Crippen molar-refractivity contribution in [3.63, 3.8) is 0 Å². The van der Waals surface area contributed by atoms with Crippen LogP contribution in [0.5, 0.6) is 0 Å². The fourth-order valence-corrected chi connectivity index (χ4v) is 3.54. The Balaban J connectivity index is 2.41. The highest BCUT2D eigenvalue weighted by Crippen LogP contribution is 2.42. The van der Waals surface area contributed by atoms with E-state index in [1.807, 2.05) is 0 Å². The van der Waals surface area contributed by atoms with Gasteiger partial charge in [-0.15, -0.1) is 11.0 Å². The van der Waals surface area contributed by atoms with E-state index in [4.69, 9.17) is 23.2 Å². The molecule has 0 unspecified atom stereocenters. The molecule has 1 N–H and O–H groups in total. The molecule has 0 aliphatic heterocycles. The lowest BCUT2D eigenvalue weighted by Crippen LogP contribution is -2.18. The van der Waals surface area contributed by atoms with Crippen molar-refractivity contribution < 1.29 is 39.5 Å². The van der Waals surface area contributed by atoms with Gasteiger partial charge in [0.25, 0.3) is 0 Å². The molecule has 0 amide bonds. The van der Waals surface area contributed by atoms with E-state index >= 15 is 0 Å². The normalized spacial score (nSPS) is 12.6. The summed E-state index contributed by atoms with van der Waals surface area (Å²) < 4.78 is 121. The van der Waals surface area contributed by atoms with Crippen LogP contribution in [-0.2, 0) is 18.5 Å². The fourth-order valence-electron chi connectivity index (χ4n) is 2.89. The third-order valence-corrected chi connectivity index (χ3v) is 4.83. The molecular weight excluding hydrogens is 540 g/mol. The minimum absolute atomic E-state index is 0.317. The van der Waals surface area contributed by atoms with Crippen molar-refractivity contribution in [2.45, 2.75) is 31.9 Å². The van der Waals surface area contributed by atoms with Crippen molar-refractivity contribution in [2.24, 2.45) is 0 Å². The maximum atomic E-state index is 13.7. The number of halogens is 11. The first-order valence-corrected chi connectivity index (χ1v) is 10.0. The van der Waals surface area contributed by atoms with Gasteiger partial charge in [0.1, 0.15) is 11.5 Å². The molecule has 0 aliphatic carbocycles. The van der Waals surface area contributed by atoms with Gasteiger partial charge in [-0.1, -0.05) is 36.0 Å². The number of rotatable bonds is 3. The Morgan fingerprint density at radius 1 is 0.886 bits per heavy atom. The van der Waals surface area contributed by atoms with Crippen molar-refractivity contribution in [2.75, 3.05) is 11.9 Å². The molecule has 0 saturated carbocycles. The molecule has 2 heterocycles. The number of alkyl halides is 9. The predicted octanol–water partition coefficient (Wildman–Crippen LogP) is 7.00. The molecule has 0 radical (unpaired) electrons. The molecule has 3 aromatic rings. The Bertz CT molecular complexity index is 1310. The summed E-state index contributed by atoms with van der Waals surface area (Å²) in [5.74, 6) is 2.42. The summed E-state index contributed by atoms with van der Waals surface area (Å²) in [4.78, 5) is 5.72. The molecule has 0 fully saturated rings. The third kappa shape index (κ3) is 5.51. The van der Waals surface area contributed by atoms with Crippen LogP contribution in [0.4, 0.5) is 45.3 Å². The van der Waals surface area contributed by atoms with Crippen molar-refractivity contribution in [3.05, 3.63) is 39.3 Å². The topological polar surface area (TPSA) is 55.6 Å². The van der Waals surface area contributed by atoms with E-state index in [0.717, 1.165) is 0 Å². The fraction of sp³-hybridized carbons (Fsp3) is 0.316. The van der Waals surface area contributed by atoms with Gasteiger partial charge in [0.15, 0.2) is 11.3 Å². The Kier molecular flexibility index (Phi) is 7.07. The summed E-state index contributed by atoms with van der Waals surface area (Å²) in [5, 5.41) is 3.73. The summed E-state index contributed by atoms with van der Waals surface area (Å²) in [6.07, 6.45) is -15.2. The molecule has 1 aromatic carbocycles. The van der Waals surface area contributed by atoms with Crippen LogP contribution in [0.15, 0.2) is 12.1 Å². The number of hydrogen-bond donors (Lipinski definition) is 1. The molecule has 5 nitrogen and oxygen atoms in total. The van der Waals surface area contributed by atoms with E-state index in [-0.39, 0.29) is 6.54 Å². The molecule has 0 atom stereocenters. The number of hydrogen-bond acceptors (Lipinski definition) is 4. The summed E-state index contributed by atoms with van der Waals surface area (Å²) in [5.41, 5.74) is -4.85. The summed E-state index contributed by atoms with van der Waals surface area (Å²) in [6, 6.07) is 0.876. The smallest absolute Gasteiger partial charge is 0.358 e. The molecule has 0 bridgehead atoms. The molecule has 188 valence electrons. The monoisotopic (exact) mass is 549 g/mol. The summed E-state index contributed by atoms with van der Waals surface area (Å²) in [7, 11) is 0. The highest BCUT2D eigenvalue weighted by atomic mass is 35.5. The Morgan fingerprint density at radius 2 is 1.49 bits per heavy atom. The van der Waals surface area contributed by atoms with Gasteiger partial charge in [-0.2, -0.15) is 39.5 Å². The van der Waals surface area contributed by atoms with Crippen LogP contribution >= 0.6 is 23.2 Å². The first kappa shape index (κ1) is 26.7. The SMILES string of the molecule is CCC#CCNc1c2c(C(F)(F)F)nc(C(F)(F)F)nc2nn1-c1c(Cl)cc(C(F)(F)F)cc1Cl. The van der Waals surface area contributed by atoms with E-state index in [1.165, 1.54) is 0 Å². The second kappa shape index (κ2) is 9.27. The Morgan fingerprint density at radius 3 is 1.97 bits per heavy atom. The lowest BCUT2D eigenvalue weighted by molar-refractivity contribution is -0.151. The third-order valence-electron chi connectivity index (χ3n) is 4.26. The Labute approximate surface area is 200 Å². The van der Waals surface area contributed by atoms with Gasteiger partial charge in [-0.3, -0.25) is 0 Å². The zero-order valence-electron chi connectivity index (χ0n) is 17.0. The molecule has 3 rings (SSSR count). The van der Waals surface area contributed by atoms with Crippen LogP contribution in [0.25, 0.3) is 16.7 Å². The molecule has 0 aliphatic rings. The van der Waals surface area contributed by atoms with Crippen LogP contribution in [0, 0.1) is 11.8 Å². The number of fused-ring (bicyclic) bond motifs is 1. The minimum atomic E-state index is -5.39. The molecule has 35 heavy (non-hydrogen) atoms. The van der Waals surface area contributed by atoms with Gasteiger partial charge in [0.2, 0.25) is 5.82 Å². The molecular formula is C19H10Cl2F9N5. The number of nitrogens with one attached hydrogen (secondary N) is 1. The zero-order valence-corrected chi connectivity index (χ0v) is 18.5. The Hall–Kier alpha value is -2.92.